The number of carbonyl (C=O) groups is 1. The van der Waals surface area contributed by atoms with Crippen molar-refractivity contribution in [3.8, 4) is 0 Å². The molecule has 1 atom stereocenters. The molecule has 17 heavy (non-hydrogen) atoms. The summed E-state index contributed by atoms with van der Waals surface area (Å²) in [6, 6.07) is 0. The van der Waals surface area contributed by atoms with Gasteiger partial charge in [0, 0.05) is 13.1 Å². The summed E-state index contributed by atoms with van der Waals surface area (Å²) in [5.41, 5.74) is -0.896. The molecular formula is C13H25NO3. The minimum atomic E-state index is -0.896. The van der Waals surface area contributed by atoms with Crippen LogP contribution in [0.2, 0.25) is 0 Å². The summed E-state index contributed by atoms with van der Waals surface area (Å²) in [6.45, 7) is 8.75. The van der Waals surface area contributed by atoms with E-state index < -0.39 is 11.5 Å². The second-order valence-electron chi connectivity index (χ2n) is 5.28. The van der Waals surface area contributed by atoms with Crippen molar-refractivity contribution in [2.75, 3.05) is 26.7 Å². The van der Waals surface area contributed by atoms with Gasteiger partial charge in [0.15, 0.2) is 0 Å². The molecule has 1 rings (SSSR count). The Balaban J connectivity index is 2.77. The minimum Gasteiger partial charge on any atom is -0.469 e. The molecule has 1 heterocycles. The fraction of sp³-hybridized carbons (Fsp3) is 0.923. The van der Waals surface area contributed by atoms with Crippen molar-refractivity contribution >= 4 is 5.97 Å². The lowest BCUT2D eigenvalue weighted by Crippen LogP contribution is -2.52. The number of likely N-dealkylation sites (tertiary alicyclic amines) is 1. The third kappa shape index (κ3) is 3.19. The smallest absolute Gasteiger partial charge is 0.311 e. The van der Waals surface area contributed by atoms with Gasteiger partial charge in [0.25, 0.3) is 0 Å². The third-order valence-corrected chi connectivity index (χ3v) is 3.87. The van der Waals surface area contributed by atoms with Gasteiger partial charge >= 0.3 is 5.97 Å². The predicted molar refractivity (Wildman–Crippen MR) is 66.6 cm³/mol. The maximum absolute atomic E-state index is 11.8. The molecule has 0 amide bonds. The molecule has 1 aliphatic heterocycles. The molecule has 1 saturated heterocycles. The number of hydrogen-bond donors (Lipinski definition) is 1. The Labute approximate surface area is 104 Å². The lowest BCUT2D eigenvalue weighted by molar-refractivity contribution is -0.164. The zero-order valence-corrected chi connectivity index (χ0v) is 11.4. The highest BCUT2D eigenvalue weighted by atomic mass is 16.5. The number of aliphatic hydroxyl groups is 1. The molecule has 0 bridgehead atoms. The second-order valence-corrected chi connectivity index (χ2v) is 5.28. The highest BCUT2D eigenvalue weighted by Gasteiger charge is 2.45. The molecule has 4 heteroatoms. The lowest BCUT2D eigenvalue weighted by atomic mass is 9.74. The molecule has 1 aliphatic rings. The molecule has 0 saturated carbocycles. The Morgan fingerprint density at radius 1 is 1.41 bits per heavy atom. The van der Waals surface area contributed by atoms with Crippen molar-refractivity contribution in [1.29, 1.82) is 0 Å². The topological polar surface area (TPSA) is 49.8 Å². The first-order chi connectivity index (χ1) is 7.94. The zero-order chi connectivity index (χ0) is 13.1. The lowest BCUT2D eigenvalue weighted by Gasteiger charge is -2.42. The van der Waals surface area contributed by atoms with Gasteiger partial charge in [0.2, 0.25) is 0 Å². The summed E-state index contributed by atoms with van der Waals surface area (Å²) >= 11 is 0. The van der Waals surface area contributed by atoms with Crippen LogP contribution >= 0.6 is 0 Å². The average molecular weight is 243 g/mol. The van der Waals surface area contributed by atoms with Crippen LogP contribution < -0.4 is 0 Å². The molecule has 1 N–H and O–H groups in total. The third-order valence-electron chi connectivity index (χ3n) is 3.87. The van der Waals surface area contributed by atoms with Crippen LogP contribution in [0.15, 0.2) is 0 Å². The standard InChI is InChI=1S/C13H25NO3/c1-5-14-8-6-13(16,7-9-14)11(10(2)3)12(15)17-4/h10-11,16H,5-9H2,1-4H3. The van der Waals surface area contributed by atoms with E-state index in [2.05, 4.69) is 11.8 Å². The Hall–Kier alpha value is -0.610. The van der Waals surface area contributed by atoms with Gasteiger partial charge in [-0.2, -0.15) is 0 Å². The number of rotatable bonds is 4. The maximum atomic E-state index is 11.8. The van der Waals surface area contributed by atoms with Gasteiger partial charge in [-0.3, -0.25) is 4.79 Å². The molecule has 100 valence electrons. The minimum absolute atomic E-state index is 0.0978. The van der Waals surface area contributed by atoms with Crippen LogP contribution in [0.5, 0.6) is 0 Å². The van der Waals surface area contributed by atoms with Crippen LogP contribution in [-0.2, 0) is 9.53 Å². The van der Waals surface area contributed by atoms with E-state index in [4.69, 9.17) is 4.74 Å². The van der Waals surface area contributed by atoms with E-state index in [-0.39, 0.29) is 11.9 Å². The van der Waals surface area contributed by atoms with Gasteiger partial charge in [0.05, 0.1) is 18.6 Å². The SMILES string of the molecule is CCN1CCC(O)(C(C(=O)OC)C(C)C)CC1. The molecule has 0 aliphatic carbocycles. The summed E-state index contributed by atoms with van der Waals surface area (Å²) in [6.07, 6.45) is 1.30. The molecule has 0 spiro atoms. The van der Waals surface area contributed by atoms with Crippen molar-refractivity contribution in [2.45, 2.75) is 39.2 Å². The summed E-state index contributed by atoms with van der Waals surface area (Å²) in [5, 5.41) is 10.7. The number of ether oxygens (including phenoxy) is 1. The van der Waals surface area contributed by atoms with Gasteiger partial charge in [-0.1, -0.05) is 20.8 Å². The molecule has 1 unspecified atom stereocenters. The number of piperidine rings is 1. The Morgan fingerprint density at radius 3 is 2.29 bits per heavy atom. The van der Waals surface area contributed by atoms with Gasteiger partial charge in [0.1, 0.15) is 0 Å². The van der Waals surface area contributed by atoms with Gasteiger partial charge < -0.3 is 14.7 Å². The fourth-order valence-corrected chi connectivity index (χ4v) is 2.81. The monoisotopic (exact) mass is 243 g/mol. The number of methoxy groups -OCH3 is 1. The van der Waals surface area contributed by atoms with E-state index in [1.807, 2.05) is 13.8 Å². The number of esters is 1. The Kier molecular flexibility index (Phi) is 4.95. The first kappa shape index (κ1) is 14.5. The van der Waals surface area contributed by atoms with Gasteiger partial charge in [-0.05, 0) is 25.3 Å². The van der Waals surface area contributed by atoms with Crippen LogP contribution in [0.4, 0.5) is 0 Å². The Morgan fingerprint density at radius 2 is 1.94 bits per heavy atom. The summed E-state index contributed by atoms with van der Waals surface area (Å²) < 4.78 is 4.83. The molecule has 0 aromatic rings. The summed E-state index contributed by atoms with van der Waals surface area (Å²) in [4.78, 5) is 14.1. The highest BCUT2D eigenvalue weighted by molar-refractivity contribution is 5.74. The molecule has 1 fully saturated rings. The van der Waals surface area contributed by atoms with Crippen LogP contribution in [0.1, 0.15) is 33.6 Å². The van der Waals surface area contributed by atoms with Crippen molar-refractivity contribution in [2.24, 2.45) is 11.8 Å². The first-order valence-corrected chi connectivity index (χ1v) is 6.47. The number of hydrogen-bond acceptors (Lipinski definition) is 4. The molecule has 0 aromatic carbocycles. The fourth-order valence-electron chi connectivity index (χ4n) is 2.81. The van der Waals surface area contributed by atoms with E-state index in [0.717, 1.165) is 19.6 Å². The van der Waals surface area contributed by atoms with Crippen molar-refractivity contribution in [3.63, 3.8) is 0 Å². The first-order valence-electron chi connectivity index (χ1n) is 6.47. The number of nitrogens with zero attached hydrogens (tertiary/aromatic N) is 1. The quantitative estimate of drug-likeness (QED) is 0.756. The van der Waals surface area contributed by atoms with Crippen molar-refractivity contribution < 1.29 is 14.6 Å². The zero-order valence-electron chi connectivity index (χ0n) is 11.4. The van der Waals surface area contributed by atoms with Gasteiger partial charge in [-0.15, -0.1) is 0 Å². The van der Waals surface area contributed by atoms with Crippen LogP contribution in [0.3, 0.4) is 0 Å². The van der Waals surface area contributed by atoms with E-state index in [1.165, 1.54) is 7.11 Å². The van der Waals surface area contributed by atoms with Gasteiger partial charge in [-0.25, -0.2) is 0 Å². The van der Waals surface area contributed by atoms with E-state index in [0.29, 0.717) is 12.8 Å². The predicted octanol–water partition coefficient (Wildman–Crippen LogP) is 1.28. The Bertz CT molecular complexity index is 257. The van der Waals surface area contributed by atoms with Crippen molar-refractivity contribution in [1.82, 2.24) is 4.90 Å². The van der Waals surface area contributed by atoms with Crippen LogP contribution in [0.25, 0.3) is 0 Å². The summed E-state index contributed by atoms with van der Waals surface area (Å²) in [7, 11) is 1.39. The molecule has 0 aromatic heterocycles. The normalized spacial score (nSPS) is 22.5. The van der Waals surface area contributed by atoms with Crippen molar-refractivity contribution in [3.05, 3.63) is 0 Å². The maximum Gasteiger partial charge on any atom is 0.311 e. The highest BCUT2D eigenvalue weighted by Crippen LogP contribution is 2.35. The summed E-state index contributed by atoms with van der Waals surface area (Å²) in [5.74, 6) is -0.598. The molecule has 4 nitrogen and oxygen atoms in total. The largest absolute Gasteiger partial charge is 0.469 e. The van der Waals surface area contributed by atoms with Crippen LogP contribution in [-0.4, -0.2) is 48.3 Å². The van der Waals surface area contributed by atoms with Crippen LogP contribution in [0, 0.1) is 11.8 Å². The van der Waals surface area contributed by atoms with E-state index in [1.54, 1.807) is 0 Å². The van der Waals surface area contributed by atoms with E-state index in [9.17, 15) is 9.90 Å². The second kappa shape index (κ2) is 5.83. The van der Waals surface area contributed by atoms with E-state index >= 15 is 0 Å². The molecular weight excluding hydrogens is 218 g/mol. The number of carbonyl (C=O) groups excluding carboxylic acids is 1. The molecule has 0 radical (unpaired) electrons. The average Bonchev–Trinajstić information content (AvgIpc) is 2.29.